The summed E-state index contributed by atoms with van der Waals surface area (Å²) in [6, 6.07) is 0. The average molecular weight is 203 g/mol. The van der Waals surface area contributed by atoms with Crippen LogP contribution in [0.4, 0.5) is 0 Å². The van der Waals surface area contributed by atoms with E-state index in [2.05, 4.69) is 4.99 Å². The van der Waals surface area contributed by atoms with Crippen LogP contribution in [-0.2, 0) is 19.0 Å². The minimum atomic E-state index is -1.32. The highest BCUT2D eigenvalue weighted by Crippen LogP contribution is 2.15. The number of isocyanates is 1. The van der Waals surface area contributed by atoms with Crippen molar-refractivity contribution in [2.45, 2.75) is 26.7 Å². The number of aliphatic imine (C=N–C) groups is 1. The van der Waals surface area contributed by atoms with Crippen LogP contribution in [0.2, 0.25) is 0 Å². The van der Waals surface area contributed by atoms with Crippen molar-refractivity contribution in [3.8, 4) is 0 Å². The third-order valence-corrected chi connectivity index (χ3v) is 1.44. The number of hydrogen-bond donors (Lipinski definition) is 0. The van der Waals surface area contributed by atoms with E-state index < -0.39 is 5.91 Å². The van der Waals surface area contributed by atoms with Crippen LogP contribution in [0.1, 0.15) is 20.8 Å². The fourth-order valence-electron chi connectivity index (χ4n) is 0.973. The number of hydrogen-bond acceptors (Lipinski definition) is 5. The molecule has 0 radical (unpaired) electrons. The summed E-state index contributed by atoms with van der Waals surface area (Å²) in [4.78, 5) is 13.7. The van der Waals surface area contributed by atoms with E-state index in [9.17, 15) is 4.79 Å². The van der Waals surface area contributed by atoms with Crippen LogP contribution in [-0.4, -0.2) is 38.4 Å². The van der Waals surface area contributed by atoms with Crippen LogP contribution in [0.3, 0.4) is 0 Å². The van der Waals surface area contributed by atoms with E-state index in [1.165, 1.54) is 6.08 Å². The molecule has 0 unspecified atom stereocenters. The third-order valence-electron chi connectivity index (χ3n) is 1.44. The summed E-state index contributed by atoms with van der Waals surface area (Å²) in [6.07, 6.45) is 1.43. The highest BCUT2D eigenvalue weighted by molar-refractivity contribution is 5.33. The second kappa shape index (κ2) is 7.64. The van der Waals surface area contributed by atoms with Gasteiger partial charge in [0.05, 0.1) is 0 Å². The Morgan fingerprint density at radius 2 is 1.71 bits per heavy atom. The minimum absolute atomic E-state index is 0.0976. The lowest BCUT2D eigenvalue weighted by molar-refractivity contribution is -0.251. The van der Waals surface area contributed by atoms with Crippen molar-refractivity contribution in [2.75, 3.05) is 26.4 Å². The standard InChI is InChI=1S/C9H17NO4/c1-4-12-7-9(10-8-11,13-5-2)14-6-3/h4-7H2,1-3H3. The maximum Gasteiger partial charge on any atom is 0.304 e. The average Bonchev–Trinajstić information content (AvgIpc) is 2.16. The molecule has 0 aliphatic carbocycles. The lowest BCUT2D eigenvalue weighted by Crippen LogP contribution is -2.39. The largest absolute Gasteiger partial charge is 0.374 e. The lowest BCUT2D eigenvalue weighted by atomic mass is 10.5. The Bertz CT molecular complexity index is 183. The molecule has 0 rings (SSSR count). The van der Waals surface area contributed by atoms with Gasteiger partial charge in [0, 0.05) is 19.8 Å². The minimum Gasteiger partial charge on any atom is -0.374 e. The van der Waals surface area contributed by atoms with Gasteiger partial charge < -0.3 is 14.2 Å². The molecule has 0 heterocycles. The molecule has 5 heteroatoms. The Labute approximate surface area is 84.1 Å². The Kier molecular flexibility index (Phi) is 7.24. The van der Waals surface area contributed by atoms with Gasteiger partial charge in [0.2, 0.25) is 6.08 Å². The van der Waals surface area contributed by atoms with Gasteiger partial charge in [-0.2, -0.15) is 0 Å². The molecule has 0 atom stereocenters. The number of ether oxygens (including phenoxy) is 3. The summed E-state index contributed by atoms with van der Waals surface area (Å²) in [7, 11) is 0. The first-order valence-electron chi connectivity index (χ1n) is 4.69. The van der Waals surface area contributed by atoms with Gasteiger partial charge in [0.1, 0.15) is 6.61 Å². The molecule has 0 saturated heterocycles. The van der Waals surface area contributed by atoms with Gasteiger partial charge in [-0.15, -0.1) is 4.99 Å². The van der Waals surface area contributed by atoms with Crippen molar-refractivity contribution in [1.82, 2.24) is 0 Å². The summed E-state index contributed by atoms with van der Waals surface area (Å²) in [6.45, 7) is 6.81. The molecular formula is C9H17NO4. The molecule has 0 aromatic rings. The van der Waals surface area contributed by atoms with Crippen molar-refractivity contribution < 1.29 is 19.0 Å². The van der Waals surface area contributed by atoms with Crippen LogP contribution >= 0.6 is 0 Å². The third kappa shape index (κ3) is 4.48. The van der Waals surface area contributed by atoms with E-state index in [1.54, 1.807) is 13.8 Å². The summed E-state index contributed by atoms with van der Waals surface area (Å²) < 4.78 is 15.6. The fourth-order valence-corrected chi connectivity index (χ4v) is 0.973. The van der Waals surface area contributed by atoms with E-state index in [4.69, 9.17) is 14.2 Å². The van der Waals surface area contributed by atoms with Crippen LogP contribution in [0.25, 0.3) is 0 Å². The van der Waals surface area contributed by atoms with Gasteiger partial charge in [-0.1, -0.05) is 0 Å². The number of rotatable bonds is 8. The Morgan fingerprint density at radius 3 is 2.07 bits per heavy atom. The molecule has 5 nitrogen and oxygen atoms in total. The number of nitrogens with zero attached hydrogens (tertiary/aromatic N) is 1. The van der Waals surface area contributed by atoms with Crippen LogP contribution in [0.15, 0.2) is 4.99 Å². The van der Waals surface area contributed by atoms with Gasteiger partial charge in [0.25, 0.3) is 0 Å². The van der Waals surface area contributed by atoms with Crippen molar-refractivity contribution in [3.63, 3.8) is 0 Å². The molecule has 0 saturated carbocycles. The molecule has 14 heavy (non-hydrogen) atoms. The normalized spacial score (nSPS) is 11.1. The van der Waals surface area contributed by atoms with Crippen molar-refractivity contribution in [1.29, 1.82) is 0 Å². The van der Waals surface area contributed by atoms with Gasteiger partial charge in [0.15, 0.2) is 0 Å². The Balaban J connectivity index is 4.45. The maximum atomic E-state index is 10.2. The molecule has 0 spiro atoms. The van der Waals surface area contributed by atoms with E-state index in [0.29, 0.717) is 19.8 Å². The molecular weight excluding hydrogens is 186 g/mol. The fraction of sp³-hybridized carbons (Fsp3) is 0.889. The highest BCUT2D eigenvalue weighted by atomic mass is 16.7. The monoisotopic (exact) mass is 203 g/mol. The zero-order valence-corrected chi connectivity index (χ0v) is 8.91. The molecule has 0 aromatic carbocycles. The van der Waals surface area contributed by atoms with Gasteiger partial charge >= 0.3 is 5.91 Å². The summed E-state index contributed by atoms with van der Waals surface area (Å²) in [5.74, 6) is -1.32. The highest BCUT2D eigenvalue weighted by Gasteiger charge is 2.31. The van der Waals surface area contributed by atoms with E-state index in [1.807, 2.05) is 6.92 Å². The Morgan fingerprint density at radius 1 is 1.14 bits per heavy atom. The summed E-state index contributed by atoms with van der Waals surface area (Å²) in [5.41, 5.74) is 0. The first-order chi connectivity index (χ1) is 6.74. The molecule has 82 valence electrons. The van der Waals surface area contributed by atoms with Gasteiger partial charge in [-0.05, 0) is 20.8 Å². The quantitative estimate of drug-likeness (QED) is 0.336. The molecule has 0 aliphatic heterocycles. The van der Waals surface area contributed by atoms with E-state index in [0.717, 1.165) is 0 Å². The SMILES string of the molecule is CCOCC(N=C=O)(OCC)OCC. The van der Waals surface area contributed by atoms with Crippen molar-refractivity contribution in [3.05, 3.63) is 0 Å². The number of carbonyl (C=O) groups excluding carboxylic acids is 1. The summed E-state index contributed by atoms with van der Waals surface area (Å²) in [5, 5.41) is 0. The van der Waals surface area contributed by atoms with Gasteiger partial charge in [-0.3, -0.25) is 0 Å². The molecule has 0 bridgehead atoms. The zero-order chi connectivity index (χ0) is 10.9. The molecule has 0 aromatic heterocycles. The van der Waals surface area contributed by atoms with E-state index >= 15 is 0 Å². The molecule has 0 aliphatic rings. The van der Waals surface area contributed by atoms with Crippen molar-refractivity contribution >= 4 is 6.08 Å². The van der Waals surface area contributed by atoms with Crippen LogP contribution < -0.4 is 0 Å². The van der Waals surface area contributed by atoms with E-state index in [-0.39, 0.29) is 6.61 Å². The first-order valence-corrected chi connectivity index (χ1v) is 4.69. The first kappa shape index (κ1) is 13.3. The Hall–Kier alpha value is -0.740. The molecule has 0 fully saturated rings. The second-order valence-corrected chi connectivity index (χ2v) is 2.42. The molecule has 0 amide bonds. The smallest absolute Gasteiger partial charge is 0.304 e. The predicted octanol–water partition coefficient (Wildman–Crippen LogP) is 1.09. The molecule has 0 N–H and O–H groups in total. The van der Waals surface area contributed by atoms with Gasteiger partial charge in [-0.25, -0.2) is 4.79 Å². The maximum absolute atomic E-state index is 10.2. The summed E-state index contributed by atoms with van der Waals surface area (Å²) >= 11 is 0. The predicted molar refractivity (Wildman–Crippen MR) is 50.6 cm³/mol. The lowest BCUT2D eigenvalue weighted by Gasteiger charge is -2.26. The topological polar surface area (TPSA) is 57.1 Å². The van der Waals surface area contributed by atoms with Crippen LogP contribution in [0.5, 0.6) is 0 Å². The van der Waals surface area contributed by atoms with Crippen LogP contribution in [0, 0.1) is 0 Å². The zero-order valence-electron chi connectivity index (χ0n) is 8.91. The van der Waals surface area contributed by atoms with Crippen molar-refractivity contribution in [2.24, 2.45) is 4.99 Å². The second-order valence-electron chi connectivity index (χ2n) is 2.42.